The summed E-state index contributed by atoms with van der Waals surface area (Å²) in [4.78, 5) is 38.4. The van der Waals surface area contributed by atoms with Gasteiger partial charge >= 0.3 is 17.9 Å². The molecule has 0 aromatic rings. The van der Waals surface area contributed by atoms with Gasteiger partial charge in [0.1, 0.15) is 13.2 Å². The van der Waals surface area contributed by atoms with Gasteiger partial charge in [0.2, 0.25) is 0 Å². The molecule has 1 unspecified atom stereocenters. The minimum Gasteiger partial charge on any atom is -0.462 e. The van der Waals surface area contributed by atoms with Gasteiger partial charge in [0, 0.05) is 19.3 Å². The monoisotopic (exact) mass is 1120 g/mol. The number of unbranched alkanes of at least 4 members (excludes halogenated alkanes) is 44. The predicted molar refractivity (Wildman–Crippen MR) is 348 cm³/mol. The molecule has 0 aliphatic heterocycles. The molecule has 0 aliphatic rings. The van der Waals surface area contributed by atoms with E-state index >= 15 is 0 Å². The van der Waals surface area contributed by atoms with Gasteiger partial charge in [0.15, 0.2) is 6.10 Å². The van der Waals surface area contributed by atoms with Crippen LogP contribution >= 0.6 is 0 Å². The molecule has 0 rings (SSSR count). The van der Waals surface area contributed by atoms with Crippen LogP contribution in [-0.2, 0) is 28.6 Å². The fourth-order valence-electron chi connectivity index (χ4n) is 10.4. The van der Waals surface area contributed by atoms with Gasteiger partial charge in [-0.1, -0.05) is 332 Å². The van der Waals surface area contributed by atoms with E-state index in [1.807, 2.05) is 0 Å². The van der Waals surface area contributed by atoms with Crippen molar-refractivity contribution >= 4 is 17.9 Å². The molecule has 0 spiro atoms. The number of carbonyl (C=O) groups excluding carboxylic acids is 3. The maximum Gasteiger partial charge on any atom is 0.306 e. The number of esters is 3. The van der Waals surface area contributed by atoms with E-state index in [9.17, 15) is 14.4 Å². The average Bonchev–Trinajstić information content (AvgIpc) is 3.46. The first-order chi connectivity index (χ1) is 39.5. The standard InChI is InChI=1S/C74H134O6/c1-4-7-10-13-16-19-22-25-27-29-31-33-34-35-36-37-38-39-41-42-44-46-49-52-55-58-61-64-67-73(76)79-70-71(69-78-72(75)66-63-60-57-54-51-48-24-21-18-15-12-9-6-3)80-74(77)68-65-62-59-56-53-50-47-45-43-40-32-30-28-26-23-20-17-14-11-8-5-2/h12,15,21,23-24,26,30,32,43,45,71H,4-11,13-14,16-20,22,25,27-29,31,33-42,44,46-70H2,1-3H3/b15-12-,24-21-,26-23-,32-30-,45-43-. The lowest BCUT2D eigenvalue weighted by atomic mass is 10.0. The molecule has 0 saturated carbocycles. The van der Waals surface area contributed by atoms with Gasteiger partial charge in [0.05, 0.1) is 0 Å². The van der Waals surface area contributed by atoms with Gasteiger partial charge < -0.3 is 14.2 Å². The second-order valence-electron chi connectivity index (χ2n) is 23.8. The first-order valence-corrected chi connectivity index (χ1v) is 35.3. The first-order valence-electron chi connectivity index (χ1n) is 35.3. The van der Waals surface area contributed by atoms with Crippen molar-refractivity contribution in [2.45, 2.75) is 380 Å². The third-order valence-corrected chi connectivity index (χ3v) is 15.7. The molecule has 6 heteroatoms. The second kappa shape index (κ2) is 68.6. The van der Waals surface area contributed by atoms with Crippen LogP contribution in [0.3, 0.4) is 0 Å². The van der Waals surface area contributed by atoms with Crippen LogP contribution in [0, 0.1) is 0 Å². The molecule has 0 fully saturated rings. The zero-order chi connectivity index (χ0) is 57.8. The van der Waals surface area contributed by atoms with E-state index < -0.39 is 6.10 Å². The molecule has 1 atom stereocenters. The number of rotatable bonds is 65. The Bertz CT molecular complexity index is 1430. The normalized spacial score (nSPS) is 12.4. The van der Waals surface area contributed by atoms with Crippen LogP contribution in [0.25, 0.3) is 0 Å². The molecule has 0 amide bonds. The van der Waals surface area contributed by atoms with E-state index in [0.29, 0.717) is 19.3 Å². The third-order valence-electron chi connectivity index (χ3n) is 15.7. The Hall–Kier alpha value is -2.89. The molecular weight excluding hydrogens is 985 g/mol. The SMILES string of the molecule is CCC/C=C\C/C=C\CCCCCCCC(=O)OCC(COC(=O)CCCCCCCCCCCCCCCCCCCCCCCCCCCCCC)OC(=O)CCCCCCCC/C=C\C/C=C\C/C=C\CCCCCCC. The minimum absolute atomic E-state index is 0.0811. The van der Waals surface area contributed by atoms with Crippen LogP contribution in [0.15, 0.2) is 60.8 Å². The largest absolute Gasteiger partial charge is 0.462 e. The Balaban J connectivity index is 4.24. The highest BCUT2D eigenvalue weighted by Crippen LogP contribution is 2.18. The van der Waals surface area contributed by atoms with Crippen LogP contribution in [-0.4, -0.2) is 37.2 Å². The van der Waals surface area contributed by atoms with Crippen molar-refractivity contribution in [2.24, 2.45) is 0 Å². The van der Waals surface area contributed by atoms with Crippen LogP contribution in [0.2, 0.25) is 0 Å². The summed E-state index contributed by atoms with van der Waals surface area (Å²) < 4.78 is 17.0. The Morgan fingerprint density at radius 1 is 0.250 bits per heavy atom. The molecule has 80 heavy (non-hydrogen) atoms. The Morgan fingerprint density at radius 2 is 0.475 bits per heavy atom. The topological polar surface area (TPSA) is 78.9 Å². The van der Waals surface area contributed by atoms with E-state index in [2.05, 4.69) is 81.5 Å². The van der Waals surface area contributed by atoms with Crippen molar-refractivity contribution in [3.63, 3.8) is 0 Å². The average molecular weight is 1120 g/mol. The summed E-state index contributed by atoms with van der Waals surface area (Å²) in [6.07, 6.45) is 88.3. The van der Waals surface area contributed by atoms with E-state index in [-0.39, 0.29) is 31.1 Å². The lowest BCUT2D eigenvalue weighted by molar-refractivity contribution is -0.167. The van der Waals surface area contributed by atoms with Gasteiger partial charge in [-0.15, -0.1) is 0 Å². The number of hydrogen-bond donors (Lipinski definition) is 0. The van der Waals surface area contributed by atoms with Gasteiger partial charge in [-0.25, -0.2) is 0 Å². The van der Waals surface area contributed by atoms with Crippen molar-refractivity contribution in [1.29, 1.82) is 0 Å². The summed E-state index contributed by atoms with van der Waals surface area (Å²) in [5, 5.41) is 0. The molecule has 0 saturated heterocycles. The summed E-state index contributed by atoms with van der Waals surface area (Å²) in [6.45, 7) is 6.60. The molecule has 0 aliphatic carbocycles. The van der Waals surface area contributed by atoms with Gasteiger partial charge in [-0.3, -0.25) is 14.4 Å². The van der Waals surface area contributed by atoms with Crippen LogP contribution in [0.5, 0.6) is 0 Å². The van der Waals surface area contributed by atoms with Crippen molar-refractivity contribution in [2.75, 3.05) is 13.2 Å². The van der Waals surface area contributed by atoms with Crippen LogP contribution in [0.4, 0.5) is 0 Å². The molecule has 0 heterocycles. The van der Waals surface area contributed by atoms with Crippen molar-refractivity contribution < 1.29 is 28.6 Å². The Labute approximate surface area is 498 Å². The van der Waals surface area contributed by atoms with Gasteiger partial charge in [-0.05, 0) is 83.5 Å². The Morgan fingerprint density at radius 3 is 0.750 bits per heavy atom. The lowest BCUT2D eigenvalue weighted by Gasteiger charge is -2.18. The fraction of sp³-hybridized carbons (Fsp3) is 0.824. The number of hydrogen-bond acceptors (Lipinski definition) is 6. The molecule has 6 nitrogen and oxygen atoms in total. The third kappa shape index (κ3) is 65.9. The summed E-state index contributed by atoms with van der Waals surface area (Å²) in [7, 11) is 0. The summed E-state index contributed by atoms with van der Waals surface area (Å²) in [5.41, 5.74) is 0. The van der Waals surface area contributed by atoms with Crippen molar-refractivity contribution in [3.8, 4) is 0 Å². The Kier molecular flexibility index (Phi) is 66.1. The number of ether oxygens (including phenoxy) is 3. The summed E-state index contributed by atoms with van der Waals surface area (Å²) in [6, 6.07) is 0. The number of carbonyl (C=O) groups is 3. The molecule has 0 bridgehead atoms. The van der Waals surface area contributed by atoms with Crippen molar-refractivity contribution in [3.05, 3.63) is 60.8 Å². The molecule has 0 N–H and O–H groups in total. The van der Waals surface area contributed by atoms with Gasteiger partial charge in [0.25, 0.3) is 0 Å². The predicted octanol–water partition coefficient (Wildman–Crippen LogP) is 24.3. The quantitative estimate of drug-likeness (QED) is 0.0261. The first kappa shape index (κ1) is 77.1. The van der Waals surface area contributed by atoms with E-state index in [1.165, 1.54) is 225 Å². The second-order valence-corrected chi connectivity index (χ2v) is 23.8. The molecule has 0 aromatic carbocycles. The zero-order valence-electron chi connectivity index (χ0n) is 53.6. The smallest absolute Gasteiger partial charge is 0.306 e. The molecule has 0 radical (unpaired) electrons. The highest BCUT2D eigenvalue weighted by Gasteiger charge is 2.19. The maximum absolute atomic E-state index is 12.9. The van der Waals surface area contributed by atoms with Crippen LogP contribution < -0.4 is 0 Å². The minimum atomic E-state index is -0.787. The molecule has 0 aromatic heterocycles. The van der Waals surface area contributed by atoms with Gasteiger partial charge in [-0.2, -0.15) is 0 Å². The van der Waals surface area contributed by atoms with E-state index in [1.54, 1.807) is 0 Å². The van der Waals surface area contributed by atoms with E-state index in [4.69, 9.17) is 14.2 Å². The number of allylic oxidation sites excluding steroid dienone is 10. The van der Waals surface area contributed by atoms with Crippen LogP contribution in [0.1, 0.15) is 374 Å². The van der Waals surface area contributed by atoms with E-state index in [0.717, 1.165) is 109 Å². The molecule has 466 valence electrons. The lowest BCUT2D eigenvalue weighted by Crippen LogP contribution is -2.30. The highest BCUT2D eigenvalue weighted by molar-refractivity contribution is 5.71. The maximum atomic E-state index is 12.9. The summed E-state index contributed by atoms with van der Waals surface area (Å²) >= 11 is 0. The van der Waals surface area contributed by atoms with Crippen molar-refractivity contribution in [1.82, 2.24) is 0 Å². The fourth-order valence-corrected chi connectivity index (χ4v) is 10.4. The summed E-state index contributed by atoms with van der Waals surface area (Å²) in [5.74, 6) is -0.888. The zero-order valence-corrected chi connectivity index (χ0v) is 53.6. The molecular formula is C74H134O6. The highest BCUT2D eigenvalue weighted by atomic mass is 16.6.